The van der Waals surface area contributed by atoms with Crippen molar-refractivity contribution in [3.63, 3.8) is 0 Å². The fraction of sp³-hybridized carbons (Fsp3) is 0.500. The fourth-order valence-electron chi connectivity index (χ4n) is 2.52. The Hall–Kier alpha value is -2.11. The number of esters is 1. The molecule has 1 saturated heterocycles. The zero-order valence-corrected chi connectivity index (χ0v) is 15.6. The number of carbonyl (C=O) groups excluding carboxylic acids is 2. The summed E-state index contributed by atoms with van der Waals surface area (Å²) in [6.45, 7) is 2.04. The largest absolute Gasteiger partial charge is 0.465 e. The monoisotopic (exact) mass is 406 g/mol. The van der Waals surface area contributed by atoms with Crippen molar-refractivity contribution in [3.05, 3.63) is 29.3 Å². The molecule has 27 heavy (non-hydrogen) atoms. The van der Waals surface area contributed by atoms with E-state index in [-0.39, 0.29) is 31.9 Å². The quantitative estimate of drug-likeness (QED) is 0.684. The minimum Gasteiger partial charge on any atom is -0.465 e. The molecule has 1 fully saturated rings. The molecule has 1 N–H and O–H groups in total. The average molecular weight is 406 g/mol. The highest BCUT2D eigenvalue weighted by Gasteiger charge is 2.40. The minimum absolute atomic E-state index is 0.0170. The van der Waals surface area contributed by atoms with Crippen LogP contribution in [0.3, 0.4) is 0 Å². The first-order valence-electron chi connectivity index (χ1n) is 8.17. The number of amides is 1. The Kier molecular flexibility index (Phi) is 6.84. The topological polar surface area (TPSA) is 102 Å². The smallest absolute Gasteiger partial charge is 0.325 e. The molecule has 1 unspecified atom stereocenters. The van der Waals surface area contributed by atoms with E-state index in [0.29, 0.717) is 6.07 Å². The van der Waals surface area contributed by atoms with Crippen LogP contribution >= 0.6 is 0 Å². The molecule has 2 rings (SSSR count). The molecule has 0 aromatic heterocycles. The van der Waals surface area contributed by atoms with Gasteiger partial charge in [0.1, 0.15) is 29.1 Å². The van der Waals surface area contributed by atoms with Crippen molar-refractivity contribution in [3.8, 4) is 0 Å². The zero-order valence-electron chi connectivity index (χ0n) is 14.8. The molecular weight excluding hydrogens is 386 g/mol. The lowest BCUT2D eigenvalue weighted by Gasteiger charge is -2.33. The van der Waals surface area contributed by atoms with Crippen LogP contribution in [0.1, 0.15) is 12.5 Å². The van der Waals surface area contributed by atoms with Crippen LogP contribution in [-0.4, -0.2) is 63.6 Å². The van der Waals surface area contributed by atoms with E-state index in [0.717, 1.165) is 10.4 Å². The molecule has 0 spiro atoms. The number of sulfonamides is 1. The summed E-state index contributed by atoms with van der Waals surface area (Å²) in [4.78, 5) is 22.8. The number of carbonyl (C=O) groups is 2. The van der Waals surface area contributed by atoms with E-state index in [9.17, 15) is 26.8 Å². The maximum absolute atomic E-state index is 14.2. The third-order valence-corrected chi connectivity index (χ3v) is 5.82. The first kappa shape index (κ1) is 21.2. The molecular formula is C16H20F2N2O6S. The Bertz CT molecular complexity index is 830. The summed E-state index contributed by atoms with van der Waals surface area (Å²) in [5.74, 6) is -3.50. The van der Waals surface area contributed by atoms with Gasteiger partial charge in [0.2, 0.25) is 15.9 Å². The van der Waals surface area contributed by atoms with E-state index >= 15 is 0 Å². The van der Waals surface area contributed by atoms with Crippen LogP contribution < -0.4 is 5.32 Å². The van der Waals surface area contributed by atoms with Gasteiger partial charge in [0.15, 0.2) is 0 Å². The number of benzene rings is 1. The summed E-state index contributed by atoms with van der Waals surface area (Å²) in [6, 6.07) is 0.0311. The molecule has 8 nitrogen and oxygen atoms in total. The molecule has 0 radical (unpaired) electrons. The Morgan fingerprint density at radius 2 is 2.04 bits per heavy atom. The molecule has 1 aromatic rings. The number of halogens is 2. The summed E-state index contributed by atoms with van der Waals surface area (Å²) >= 11 is 0. The molecule has 1 aliphatic heterocycles. The Morgan fingerprint density at radius 3 is 2.70 bits per heavy atom. The van der Waals surface area contributed by atoms with Gasteiger partial charge >= 0.3 is 5.97 Å². The molecule has 1 aliphatic rings. The normalized spacial score (nSPS) is 18.1. The third kappa shape index (κ3) is 4.79. The first-order chi connectivity index (χ1) is 12.7. The van der Waals surface area contributed by atoms with Gasteiger partial charge in [-0.3, -0.25) is 9.59 Å². The van der Waals surface area contributed by atoms with E-state index in [1.807, 2.05) is 0 Å². The SMILES string of the molecule is CCOC(=O)CNC(=O)C1COCCN1S(=O)(=O)c1cc(F)c(C)cc1F. The van der Waals surface area contributed by atoms with Gasteiger partial charge in [-0.15, -0.1) is 0 Å². The van der Waals surface area contributed by atoms with Gasteiger partial charge in [0.05, 0.1) is 19.8 Å². The predicted molar refractivity (Wildman–Crippen MR) is 89.2 cm³/mol. The van der Waals surface area contributed by atoms with Crippen LogP contribution in [0.15, 0.2) is 17.0 Å². The second-order valence-corrected chi connectivity index (χ2v) is 7.62. The predicted octanol–water partition coefficient (Wildman–Crippen LogP) is 0.342. The van der Waals surface area contributed by atoms with Crippen LogP contribution in [0.25, 0.3) is 0 Å². The van der Waals surface area contributed by atoms with E-state index < -0.39 is 51.0 Å². The fourth-order valence-corrected chi connectivity index (χ4v) is 4.14. The van der Waals surface area contributed by atoms with Crippen molar-refractivity contribution in [2.45, 2.75) is 24.8 Å². The van der Waals surface area contributed by atoms with E-state index in [1.165, 1.54) is 6.92 Å². The van der Waals surface area contributed by atoms with Gasteiger partial charge in [-0.25, -0.2) is 17.2 Å². The number of morpholine rings is 1. The van der Waals surface area contributed by atoms with Gasteiger partial charge in [0, 0.05) is 6.54 Å². The average Bonchev–Trinajstić information content (AvgIpc) is 2.62. The van der Waals surface area contributed by atoms with Crippen molar-refractivity contribution in [2.75, 3.05) is 32.9 Å². The zero-order chi connectivity index (χ0) is 20.2. The van der Waals surface area contributed by atoms with E-state index in [2.05, 4.69) is 10.1 Å². The van der Waals surface area contributed by atoms with Crippen molar-refractivity contribution in [1.29, 1.82) is 0 Å². The third-order valence-electron chi connectivity index (χ3n) is 3.89. The molecule has 11 heteroatoms. The van der Waals surface area contributed by atoms with Gasteiger partial charge < -0.3 is 14.8 Å². The number of rotatable bonds is 6. The van der Waals surface area contributed by atoms with E-state index in [1.54, 1.807) is 6.92 Å². The summed E-state index contributed by atoms with van der Waals surface area (Å²) in [6.07, 6.45) is 0. The molecule has 0 aliphatic carbocycles. The molecule has 1 heterocycles. The lowest BCUT2D eigenvalue weighted by molar-refractivity contribution is -0.144. The van der Waals surface area contributed by atoms with Gasteiger partial charge in [-0.1, -0.05) is 0 Å². The summed E-state index contributed by atoms with van der Waals surface area (Å²) < 4.78 is 64.2. The maximum atomic E-state index is 14.2. The second-order valence-electron chi connectivity index (χ2n) is 5.76. The summed E-state index contributed by atoms with van der Waals surface area (Å²) in [7, 11) is -4.51. The second kappa shape index (κ2) is 8.72. The number of nitrogens with one attached hydrogen (secondary N) is 1. The number of hydrogen-bond acceptors (Lipinski definition) is 6. The van der Waals surface area contributed by atoms with Crippen LogP contribution in [-0.2, 0) is 29.1 Å². The van der Waals surface area contributed by atoms with Crippen LogP contribution in [0, 0.1) is 18.6 Å². The number of aryl methyl sites for hydroxylation is 1. The molecule has 0 saturated carbocycles. The first-order valence-corrected chi connectivity index (χ1v) is 9.61. The molecule has 150 valence electrons. The standard InChI is InChI=1S/C16H20F2N2O6S/c1-3-26-15(21)8-19-16(22)13-9-25-5-4-20(13)27(23,24)14-7-11(17)10(2)6-12(14)18/h6-7,13H,3-5,8-9H2,1-2H3,(H,19,22). The van der Waals surface area contributed by atoms with Crippen molar-refractivity contribution in [1.82, 2.24) is 9.62 Å². The van der Waals surface area contributed by atoms with Crippen molar-refractivity contribution >= 4 is 21.9 Å². The molecule has 1 aromatic carbocycles. The van der Waals surface area contributed by atoms with Crippen molar-refractivity contribution < 1.29 is 36.3 Å². The minimum atomic E-state index is -4.51. The highest BCUT2D eigenvalue weighted by atomic mass is 32.2. The van der Waals surface area contributed by atoms with E-state index in [4.69, 9.17) is 4.74 Å². The summed E-state index contributed by atoms with van der Waals surface area (Å²) in [5.41, 5.74) is -0.0443. The highest BCUT2D eigenvalue weighted by Crippen LogP contribution is 2.25. The number of nitrogens with zero attached hydrogens (tertiary/aromatic N) is 1. The van der Waals surface area contributed by atoms with Gasteiger partial charge in [0.25, 0.3) is 0 Å². The lowest BCUT2D eigenvalue weighted by Crippen LogP contribution is -2.56. The Morgan fingerprint density at radius 1 is 1.33 bits per heavy atom. The summed E-state index contributed by atoms with van der Waals surface area (Å²) in [5, 5.41) is 2.26. The van der Waals surface area contributed by atoms with Gasteiger partial charge in [-0.2, -0.15) is 4.31 Å². The Balaban J connectivity index is 2.26. The molecule has 1 atom stereocenters. The number of hydrogen-bond donors (Lipinski definition) is 1. The molecule has 0 bridgehead atoms. The van der Waals surface area contributed by atoms with Crippen molar-refractivity contribution in [2.24, 2.45) is 0 Å². The Labute approximate surface area is 155 Å². The van der Waals surface area contributed by atoms with Gasteiger partial charge in [-0.05, 0) is 31.5 Å². The van der Waals surface area contributed by atoms with Crippen LogP contribution in [0.5, 0.6) is 0 Å². The number of ether oxygens (including phenoxy) is 2. The van der Waals surface area contributed by atoms with Crippen LogP contribution in [0.2, 0.25) is 0 Å². The lowest BCUT2D eigenvalue weighted by atomic mass is 10.2. The highest BCUT2D eigenvalue weighted by molar-refractivity contribution is 7.89. The molecule has 1 amide bonds. The maximum Gasteiger partial charge on any atom is 0.325 e. The van der Waals surface area contributed by atoms with Crippen LogP contribution in [0.4, 0.5) is 8.78 Å².